The fourth-order valence-electron chi connectivity index (χ4n) is 1.39. The van der Waals surface area contributed by atoms with Crippen LogP contribution in [0.1, 0.15) is 18.4 Å². The highest BCUT2D eigenvalue weighted by atomic mass is 32.1. The summed E-state index contributed by atoms with van der Waals surface area (Å²) in [4.78, 5) is 0. The Labute approximate surface area is 95.3 Å². The number of hydrogen-bond donors (Lipinski definition) is 1. The fraction of sp³-hybridized carbons (Fsp3) is 0.417. The van der Waals surface area contributed by atoms with Crippen LogP contribution in [0, 0.1) is 16.7 Å². The molecule has 1 aromatic carbocycles. The molecule has 0 N–H and O–H groups in total. The molecule has 0 spiro atoms. The second-order valence-electron chi connectivity index (χ2n) is 4.08. The summed E-state index contributed by atoms with van der Waals surface area (Å²) in [5, 5.41) is 8.63. The smallest absolute Gasteiger partial charge is 0.119 e. The van der Waals surface area contributed by atoms with Gasteiger partial charge in [-0.1, -0.05) is 0 Å². The Bertz CT molecular complexity index is 376. The first kappa shape index (κ1) is 10.4. The molecule has 1 fully saturated rings. The third kappa shape index (κ3) is 2.45. The van der Waals surface area contributed by atoms with E-state index in [9.17, 15) is 0 Å². The van der Waals surface area contributed by atoms with Gasteiger partial charge in [0, 0.05) is 5.41 Å². The zero-order valence-electron chi connectivity index (χ0n) is 8.44. The van der Waals surface area contributed by atoms with Crippen molar-refractivity contribution in [1.29, 1.82) is 5.26 Å². The Morgan fingerprint density at radius 2 is 2.00 bits per heavy atom. The van der Waals surface area contributed by atoms with Crippen molar-refractivity contribution in [2.75, 3.05) is 12.4 Å². The second-order valence-corrected chi connectivity index (χ2v) is 4.40. The highest BCUT2D eigenvalue weighted by molar-refractivity contribution is 7.80. The summed E-state index contributed by atoms with van der Waals surface area (Å²) < 4.78 is 5.67. The lowest BCUT2D eigenvalue weighted by Gasteiger charge is -2.13. The van der Waals surface area contributed by atoms with Crippen molar-refractivity contribution in [3.63, 3.8) is 0 Å². The Balaban J connectivity index is 1.91. The van der Waals surface area contributed by atoms with E-state index in [-0.39, 0.29) is 0 Å². The summed E-state index contributed by atoms with van der Waals surface area (Å²) >= 11 is 4.32. The number of ether oxygens (including phenoxy) is 1. The SMILES string of the molecule is N#Cc1ccc(OCC2(CS)CC2)cc1. The molecule has 3 heteroatoms. The first-order valence-corrected chi connectivity index (χ1v) is 5.65. The van der Waals surface area contributed by atoms with Gasteiger partial charge in [-0.05, 0) is 42.9 Å². The molecule has 0 aliphatic heterocycles. The molecule has 2 nitrogen and oxygen atoms in total. The van der Waals surface area contributed by atoms with Gasteiger partial charge in [-0.15, -0.1) is 0 Å². The van der Waals surface area contributed by atoms with Crippen LogP contribution < -0.4 is 4.74 Å². The van der Waals surface area contributed by atoms with Crippen molar-refractivity contribution in [3.05, 3.63) is 29.8 Å². The van der Waals surface area contributed by atoms with Crippen LogP contribution in [0.15, 0.2) is 24.3 Å². The molecule has 0 atom stereocenters. The van der Waals surface area contributed by atoms with Crippen molar-refractivity contribution < 1.29 is 4.74 Å². The quantitative estimate of drug-likeness (QED) is 0.790. The van der Waals surface area contributed by atoms with Crippen molar-refractivity contribution in [2.24, 2.45) is 5.41 Å². The third-order valence-corrected chi connectivity index (χ3v) is 3.49. The van der Waals surface area contributed by atoms with Crippen molar-refractivity contribution in [3.8, 4) is 11.8 Å². The van der Waals surface area contributed by atoms with E-state index in [0.29, 0.717) is 11.0 Å². The molecule has 0 aromatic heterocycles. The van der Waals surface area contributed by atoms with Crippen LogP contribution in [0.25, 0.3) is 0 Å². The lowest BCUT2D eigenvalue weighted by atomic mass is 10.1. The summed E-state index contributed by atoms with van der Waals surface area (Å²) in [5.41, 5.74) is 0.981. The number of benzene rings is 1. The molecule has 78 valence electrons. The van der Waals surface area contributed by atoms with E-state index >= 15 is 0 Å². The molecule has 15 heavy (non-hydrogen) atoms. The Hall–Kier alpha value is -1.14. The number of thiol groups is 1. The lowest BCUT2D eigenvalue weighted by Crippen LogP contribution is -2.14. The van der Waals surface area contributed by atoms with Crippen molar-refractivity contribution in [1.82, 2.24) is 0 Å². The highest BCUT2D eigenvalue weighted by Crippen LogP contribution is 2.46. The summed E-state index contributed by atoms with van der Waals surface area (Å²) in [6.07, 6.45) is 2.43. The van der Waals surface area contributed by atoms with Crippen molar-refractivity contribution >= 4 is 12.6 Å². The number of nitrogens with zero attached hydrogens (tertiary/aromatic N) is 1. The Kier molecular flexibility index (Phi) is 2.88. The van der Waals surface area contributed by atoms with Gasteiger partial charge in [0.05, 0.1) is 18.2 Å². The average molecular weight is 219 g/mol. The minimum absolute atomic E-state index is 0.316. The average Bonchev–Trinajstić information content (AvgIpc) is 3.08. The number of nitriles is 1. The second kappa shape index (κ2) is 4.16. The molecule has 1 aliphatic carbocycles. The van der Waals surface area contributed by atoms with Crippen molar-refractivity contribution in [2.45, 2.75) is 12.8 Å². The molecule has 0 saturated heterocycles. The van der Waals surface area contributed by atoms with E-state index in [4.69, 9.17) is 10.00 Å². The van der Waals surface area contributed by atoms with Gasteiger partial charge in [0.2, 0.25) is 0 Å². The van der Waals surface area contributed by atoms with Crippen LogP contribution in [-0.2, 0) is 0 Å². The van der Waals surface area contributed by atoms with Crippen LogP contribution in [-0.4, -0.2) is 12.4 Å². The molecular weight excluding hydrogens is 206 g/mol. The summed E-state index contributed by atoms with van der Waals surface area (Å²) in [5.74, 6) is 1.73. The maximum absolute atomic E-state index is 8.63. The number of hydrogen-bond acceptors (Lipinski definition) is 3. The zero-order valence-corrected chi connectivity index (χ0v) is 9.33. The topological polar surface area (TPSA) is 33.0 Å². The van der Waals surface area contributed by atoms with Crippen LogP contribution >= 0.6 is 12.6 Å². The molecule has 0 bridgehead atoms. The third-order valence-electron chi connectivity index (χ3n) is 2.82. The normalized spacial score (nSPS) is 16.8. The molecule has 0 amide bonds. The molecule has 1 saturated carbocycles. The first-order chi connectivity index (χ1) is 7.28. The molecule has 0 radical (unpaired) electrons. The minimum atomic E-state index is 0.316. The van der Waals surface area contributed by atoms with Crippen LogP contribution in [0.3, 0.4) is 0 Å². The minimum Gasteiger partial charge on any atom is -0.493 e. The van der Waals surface area contributed by atoms with E-state index < -0.39 is 0 Å². The van der Waals surface area contributed by atoms with E-state index in [1.54, 1.807) is 12.1 Å². The van der Waals surface area contributed by atoms with Crippen LogP contribution in [0.5, 0.6) is 5.75 Å². The van der Waals surface area contributed by atoms with E-state index in [2.05, 4.69) is 18.7 Å². The molecule has 0 unspecified atom stereocenters. The van der Waals surface area contributed by atoms with E-state index in [0.717, 1.165) is 18.1 Å². The van der Waals surface area contributed by atoms with Gasteiger partial charge in [-0.2, -0.15) is 17.9 Å². The number of rotatable bonds is 4. The standard InChI is InChI=1S/C12H13NOS/c13-7-10-1-3-11(4-2-10)14-8-12(9-15)5-6-12/h1-4,15H,5-6,8-9H2. The van der Waals surface area contributed by atoms with E-state index in [1.807, 2.05) is 12.1 Å². The Morgan fingerprint density at radius 3 is 2.47 bits per heavy atom. The summed E-state index contributed by atoms with van der Waals surface area (Å²) in [7, 11) is 0. The molecule has 1 aliphatic rings. The molecular formula is C12H13NOS. The summed E-state index contributed by atoms with van der Waals surface area (Å²) in [6.45, 7) is 0.738. The zero-order chi connectivity index (χ0) is 10.7. The van der Waals surface area contributed by atoms with Gasteiger partial charge in [0.15, 0.2) is 0 Å². The Morgan fingerprint density at radius 1 is 1.33 bits per heavy atom. The molecule has 1 aromatic rings. The van der Waals surface area contributed by atoms with E-state index in [1.165, 1.54) is 12.8 Å². The van der Waals surface area contributed by atoms with Gasteiger partial charge in [-0.3, -0.25) is 0 Å². The summed E-state index contributed by atoms with van der Waals surface area (Å²) in [6, 6.07) is 9.31. The molecule has 2 rings (SSSR count). The predicted molar refractivity (Wildman–Crippen MR) is 62.2 cm³/mol. The van der Waals surface area contributed by atoms with Gasteiger partial charge in [0.1, 0.15) is 5.75 Å². The van der Waals surface area contributed by atoms with Gasteiger partial charge in [-0.25, -0.2) is 0 Å². The van der Waals surface area contributed by atoms with Crippen LogP contribution in [0.4, 0.5) is 0 Å². The van der Waals surface area contributed by atoms with Gasteiger partial charge < -0.3 is 4.74 Å². The largest absolute Gasteiger partial charge is 0.493 e. The maximum atomic E-state index is 8.63. The van der Waals surface area contributed by atoms with Crippen LogP contribution in [0.2, 0.25) is 0 Å². The fourth-order valence-corrected chi connectivity index (χ4v) is 1.79. The lowest BCUT2D eigenvalue weighted by molar-refractivity contribution is 0.250. The highest BCUT2D eigenvalue weighted by Gasteiger charge is 2.42. The maximum Gasteiger partial charge on any atom is 0.119 e. The van der Waals surface area contributed by atoms with Gasteiger partial charge >= 0.3 is 0 Å². The first-order valence-electron chi connectivity index (χ1n) is 5.02. The predicted octanol–water partition coefficient (Wildman–Crippen LogP) is 2.65. The monoisotopic (exact) mass is 219 g/mol. The van der Waals surface area contributed by atoms with Gasteiger partial charge in [0.25, 0.3) is 0 Å². The molecule has 0 heterocycles.